The van der Waals surface area contributed by atoms with Crippen LogP contribution in [0.15, 0.2) is 0 Å². The summed E-state index contributed by atoms with van der Waals surface area (Å²) in [5.41, 5.74) is 0. The van der Waals surface area contributed by atoms with E-state index in [0.29, 0.717) is 13.0 Å². The Hall–Kier alpha value is -0.750. The number of aliphatic hydroxyl groups excluding tert-OH is 1. The summed E-state index contributed by atoms with van der Waals surface area (Å²) in [4.78, 5) is 27.6. The van der Waals surface area contributed by atoms with E-state index >= 15 is 0 Å². The monoisotopic (exact) mass is 284 g/mol. The van der Waals surface area contributed by atoms with Gasteiger partial charge in [-0.3, -0.25) is 9.59 Å². The second-order valence-corrected chi connectivity index (χ2v) is 6.71. The zero-order chi connectivity index (χ0) is 13.4. The fourth-order valence-corrected chi connectivity index (χ4v) is 4.40. The van der Waals surface area contributed by atoms with Crippen molar-refractivity contribution in [3.05, 3.63) is 0 Å². The van der Waals surface area contributed by atoms with E-state index in [-0.39, 0.29) is 29.3 Å². The van der Waals surface area contributed by atoms with Crippen LogP contribution in [-0.4, -0.2) is 63.1 Å². The molecule has 2 amide bonds. The van der Waals surface area contributed by atoms with Gasteiger partial charge in [-0.2, -0.15) is 0 Å². The first-order chi connectivity index (χ1) is 9.15. The predicted octanol–water partition coefficient (Wildman–Crippen LogP) is 1.06. The number of fused-ring (bicyclic) bond motifs is 2. The van der Waals surface area contributed by atoms with Crippen molar-refractivity contribution in [3.63, 3.8) is 0 Å². The number of rotatable bonds is 3. The quantitative estimate of drug-likeness (QED) is 0.842. The maximum absolute atomic E-state index is 12.3. The average molecular weight is 284 g/mol. The van der Waals surface area contributed by atoms with Crippen LogP contribution in [0.4, 0.5) is 4.79 Å². The number of carbonyl (C=O) groups excluding carboxylic acids is 2. The molecule has 0 radical (unpaired) electrons. The Kier molecular flexibility index (Phi) is 3.71. The van der Waals surface area contributed by atoms with Crippen LogP contribution in [0, 0.1) is 0 Å². The first kappa shape index (κ1) is 13.2. The standard InChI is InChI=1S/C13H20N2O3S/c16-11-7-9-1-2-10(8-11)15(9)12(17)3-4-14-5-6-19-13(14)18/h9-11,16H,1-8H2. The lowest BCUT2D eigenvalue weighted by molar-refractivity contribution is -0.137. The molecule has 106 valence electrons. The third kappa shape index (κ3) is 2.60. The Bertz CT molecular complexity index is 376. The molecule has 19 heavy (non-hydrogen) atoms. The van der Waals surface area contributed by atoms with Gasteiger partial charge in [-0.15, -0.1) is 0 Å². The highest BCUT2D eigenvalue weighted by Crippen LogP contribution is 2.36. The fraction of sp³-hybridized carbons (Fsp3) is 0.846. The van der Waals surface area contributed by atoms with E-state index in [1.165, 1.54) is 11.8 Å². The summed E-state index contributed by atoms with van der Waals surface area (Å²) in [6, 6.07) is 0.454. The van der Waals surface area contributed by atoms with E-state index in [0.717, 1.165) is 38.0 Å². The lowest BCUT2D eigenvalue weighted by Crippen LogP contribution is -2.48. The second kappa shape index (κ2) is 5.32. The minimum absolute atomic E-state index is 0.102. The highest BCUT2D eigenvalue weighted by atomic mass is 32.2. The highest BCUT2D eigenvalue weighted by Gasteiger charge is 2.42. The minimum atomic E-state index is -0.238. The van der Waals surface area contributed by atoms with E-state index < -0.39 is 0 Å². The summed E-state index contributed by atoms with van der Waals surface area (Å²) < 4.78 is 0. The van der Waals surface area contributed by atoms with Crippen LogP contribution in [0.2, 0.25) is 0 Å². The van der Waals surface area contributed by atoms with Gasteiger partial charge in [0.1, 0.15) is 0 Å². The summed E-state index contributed by atoms with van der Waals surface area (Å²) >= 11 is 1.34. The van der Waals surface area contributed by atoms with E-state index in [1.807, 2.05) is 4.90 Å². The summed E-state index contributed by atoms with van der Waals surface area (Å²) in [7, 11) is 0. The first-order valence-electron chi connectivity index (χ1n) is 7.06. The van der Waals surface area contributed by atoms with Crippen LogP contribution in [0.1, 0.15) is 32.1 Å². The van der Waals surface area contributed by atoms with E-state index in [9.17, 15) is 14.7 Å². The molecule has 0 spiro atoms. The van der Waals surface area contributed by atoms with Gasteiger partial charge in [0.2, 0.25) is 5.91 Å². The summed E-state index contributed by atoms with van der Waals surface area (Å²) in [6.07, 6.45) is 3.67. The number of nitrogens with zero attached hydrogens (tertiary/aromatic N) is 2. The molecular weight excluding hydrogens is 264 g/mol. The Morgan fingerprint density at radius 3 is 2.58 bits per heavy atom. The minimum Gasteiger partial charge on any atom is -0.393 e. The molecule has 2 unspecified atom stereocenters. The molecule has 3 rings (SSSR count). The molecule has 3 aliphatic rings. The zero-order valence-electron chi connectivity index (χ0n) is 11.0. The van der Waals surface area contributed by atoms with E-state index in [1.54, 1.807) is 4.90 Å². The molecule has 2 atom stereocenters. The van der Waals surface area contributed by atoms with Gasteiger partial charge >= 0.3 is 0 Å². The van der Waals surface area contributed by atoms with Gasteiger partial charge in [-0.25, -0.2) is 0 Å². The first-order valence-corrected chi connectivity index (χ1v) is 8.04. The van der Waals surface area contributed by atoms with Gasteiger partial charge in [-0.1, -0.05) is 11.8 Å². The van der Waals surface area contributed by atoms with E-state index in [4.69, 9.17) is 0 Å². The van der Waals surface area contributed by atoms with Crippen LogP contribution < -0.4 is 0 Å². The number of aliphatic hydroxyl groups is 1. The molecule has 0 aliphatic carbocycles. The molecular formula is C13H20N2O3S. The molecule has 0 aromatic carbocycles. The van der Waals surface area contributed by atoms with Gasteiger partial charge in [-0.05, 0) is 25.7 Å². The Balaban J connectivity index is 1.55. The van der Waals surface area contributed by atoms with Crippen molar-refractivity contribution in [2.24, 2.45) is 0 Å². The van der Waals surface area contributed by atoms with Crippen LogP contribution in [0.3, 0.4) is 0 Å². The lowest BCUT2D eigenvalue weighted by Gasteiger charge is -2.37. The van der Waals surface area contributed by atoms with Gasteiger partial charge in [0.15, 0.2) is 0 Å². The van der Waals surface area contributed by atoms with Crippen LogP contribution in [0.25, 0.3) is 0 Å². The number of amides is 2. The van der Waals surface area contributed by atoms with Crippen LogP contribution in [0.5, 0.6) is 0 Å². The van der Waals surface area contributed by atoms with Crippen molar-refractivity contribution in [1.29, 1.82) is 0 Å². The second-order valence-electron chi connectivity index (χ2n) is 5.66. The third-order valence-electron chi connectivity index (χ3n) is 4.44. The van der Waals surface area contributed by atoms with Crippen LogP contribution >= 0.6 is 11.8 Å². The van der Waals surface area contributed by atoms with Gasteiger partial charge in [0.05, 0.1) is 6.10 Å². The molecule has 1 N–H and O–H groups in total. The van der Waals surface area contributed by atoms with Gasteiger partial charge in [0, 0.05) is 37.3 Å². The lowest BCUT2D eigenvalue weighted by atomic mass is 9.99. The maximum Gasteiger partial charge on any atom is 0.281 e. The number of piperidine rings is 1. The normalized spacial score (nSPS) is 34.2. The highest BCUT2D eigenvalue weighted by molar-refractivity contribution is 8.13. The SMILES string of the molecule is O=C1SCCN1CCC(=O)N1C2CCC1CC(O)C2. The molecule has 2 bridgehead atoms. The molecule has 0 aromatic heterocycles. The molecule has 3 aliphatic heterocycles. The fourth-order valence-electron chi connectivity index (χ4n) is 3.54. The van der Waals surface area contributed by atoms with Crippen LogP contribution in [-0.2, 0) is 4.79 Å². The molecule has 0 aromatic rings. The maximum atomic E-state index is 12.3. The van der Waals surface area contributed by atoms with E-state index in [2.05, 4.69) is 0 Å². The number of carbonyl (C=O) groups is 2. The summed E-state index contributed by atoms with van der Waals surface area (Å²) in [5.74, 6) is 0.998. The molecule has 3 saturated heterocycles. The summed E-state index contributed by atoms with van der Waals surface area (Å²) in [5, 5.41) is 9.83. The zero-order valence-corrected chi connectivity index (χ0v) is 11.8. The molecule has 6 heteroatoms. The Morgan fingerprint density at radius 1 is 1.32 bits per heavy atom. The van der Waals surface area contributed by atoms with Crippen molar-refractivity contribution in [2.75, 3.05) is 18.8 Å². The Morgan fingerprint density at radius 2 is 2.00 bits per heavy atom. The number of hydrogen-bond acceptors (Lipinski definition) is 4. The van der Waals surface area contributed by atoms with Crippen molar-refractivity contribution in [1.82, 2.24) is 9.80 Å². The van der Waals surface area contributed by atoms with Crippen molar-refractivity contribution in [3.8, 4) is 0 Å². The molecule has 0 saturated carbocycles. The molecule has 3 heterocycles. The van der Waals surface area contributed by atoms with Crippen molar-refractivity contribution >= 4 is 22.9 Å². The van der Waals surface area contributed by atoms with Gasteiger partial charge in [0.25, 0.3) is 5.24 Å². The van der Waals surface area contributed by atoms with Gasteiger partial charge < -0.3 is 14.9 Å². The summed E-state index contributed by atoms with van der Waals surface area (Å²) in [6.45, 7) is 1.31. The van der Waals surface area contributed by atoms with Crippen molar-refractivity contribution < 1.29 is 14.7 Å². The van der Waals surface area contributed by atoms with Crippen molar-refractivity contribution in [2.45, 2.75) is 50.3 Å². The number of hydrogen-bond donors (Lipinski definition) is 1. The predicted molar refractivity (Wildman–Crippen MR) is 72.9 cm³/mol. The smallest absolute Gasteiger partial charge is 0.281 e. The average Bonchev–Trinajstić information content (AvgIpc) is 2.89. The third-order valence-corrected chi connectivity index (χ3v) is 5.33. The Labute approximate surface area is 117 Å². The number of thioether (sulfide) groups is 1. The largest absolute Gasteiger partial charge is 0.393 e. The molecule has 5 nitrogen and oxygen atoms in total. The molecule has 3 fully saturated rings. The topological polar surface area (TPSA) is 60.9 Å².